The number of hydrogen-bond donors (Lipinski definition) is 2. The van der Waals surface area contributed by atoms with Gasteiger partial charge in [-0.15, -0.1) is 0 Å². The van der Waals surface area contributed by atoms with E-state index in [2.05, 4.69) is 5.32 Å². The summed E-state index contributed by atoms with van der Waals surface area (Å²) in [5.74, 6) is -0.115. The van der Waals surface area contributed by atoms with Crippen molar-refractivity contribution in [3.63, 3.8) is 0 Å². The Balaban J connectivity index is 2.25. The summed E-state index contributed by atoms with van der Waals surface area (Å²) in [5.41, 5.74) is 1.50. The monoisotopic (exact) mass is 279 g/mol. The molecule has 0 amide bonds. The van der Waals surface area contributed by atoms with Crippen molar-refractivity contribution in [1.29, 1.82) is 0 Å². The van der Waals surface area contributed by atoms with Crippen molar-refractivity contribution in [1.82, 2.24) is 5.32 Å². The van der Waals surface area contributed by atoms with Gasteiger partial charge in [-0.05, 0) is 43.3 Å². The minimum absolute atomic E-state index is 0.168. The van der Waals surface area contributed by atoms with Crippen LogP contribution in [0, 0.1) is 5.82 Å². The number of phenolic OH excluding ortho intramolecular Hbond substituents is 1. The first-order valence-corrected chi connectivity index (χ1v) is 6.38. The van der Waals surface area contributed by atoms with Gasteiger partial charge in [0.2, 0.25) is 0 Å². The standard InChI is InChI=1S/C15H15ClFNO/c1-18-15(8-10-3-2-4-12(19)7-10)13-6-5-11(16)9-14(13)17/h2-7,9,15,18-19H,8H2,1H3. The number of phenols is 1. The largest absolute Gasteiger partial charge is 0.508 e. The molecule has 0 radical (unpaired) electrons. The average Bonchev–Trinajstić information content (AvgIpc) is 2.37. The van der Waals surface area contributed by atoms with Crippen LogP contribution >= 0.6 is 11.6 Å². The number of benzene rings is 2. The number of likely N-dealkylation sites (N-methyl/N-ethyl adjacent to an activating group) is 1. The molecule has 0 aromatic heterocycles. The molecule has 2 N–H and O–H groups in total. The van der Waals surface area contributed by atoms with Gasteiger partial charge in [0.25, 0.3) is 0 Å². The second-order valence-electron chi connectivity index (χ2n) is 4.38. The molecular formula is C15H15ClFNO. The lowest BCUT2D eigenvalue weighted by atomic mass is 9.98. The SMILES string of the molecule is CNC(Cc1cccc(O)c1)c1ccc(Cl)cc1F. The Morgan fingerprint density at radius 1 is 1.26 bits per heavy atom. The van der Waals surface area contributed by atoms with Gasteiger partial charge in [-0.1, -0.05) is 29.8 Å². The molecule has 0 heterocycles. The van der Waals surface area contributed by atoms with Crippen molar-refractivity contribution in [2.45, 2.75) is 12.5 Å². The molecule has 1 atom stereocenters. The highest BCUT2D eigenvalue weighted by atomic mass is 35.5. The molecule has 0 aliphatic heterocycles. The second kappa shape index (κ2) is 6.04. The van der Waals surface area contributed by atoms with Crippen LogP contribution in [-0.2, 0) is 6.42 Å². The van der Waals surface area contributed by atoms with Crippen LogP contribution in [0.25, 0.3) is 0 Å². The number of halogens is 2. The first-order chi connectivity index (χ1) is 9.10. The number of nitrogens with one attached hydrogen (secondary N) is 1. The van der Waals surface area contributed by atoms with Gasteiger partial charge >= 0.3 is 0 Å². The van der Waals surface area contributed by atoms with Gasteiger partial charge in [-0.25, -0.2) is 4.39 Å². The molecule has 100 valence electrons. The molecule has 0 fully saturated rings. The van der Waals surface area contributed by atoms with Crippen molar-refractivity contribution in [3.8, 4) is 5.75 Å². The summed E-state index contributed by atoms with van der Waals surface area (Å²) >= 11 is 5.75. The van der Waals surface area contributed by atoms with Crippen LogP contribution in [0.2, 0.25) is 5.02 Å². The van der Waals surface area contributed by atoms with Gasteiger partial charge in [0.05, 0.1) is 0 Å². The van der Waals surface area contributed by atoms with Crippen LogP contribution in [0.4, 0.5) is 4.39 Å². The molecule has 0 saturated heterocycles. The van der Waals surface area contributed by atoms with Gasteiger partial charge in [0.15, 0.2) is 0 Å². The molecular weight excluding hydrogens is 265 g/mol. The molecule has 1 unspecified atom stereocenters. The Bertz CT molecular complexity index is 574. The summed E-state index contributed by atoms with van der Waals surface area (Å²) in [4.78, 5) is 0. The van der Waals surface area contributed by atoms with E-state index in [-0.39, 0.29) is 17.6 Å². The van der Waals surface area contributed by atoms with Crippen molar-refractivity contribution < 1.29 is 9.50 Å². The zero-order chi connectivity index (χ0) is 13.8. The highest BCUT2D eigenvalue weighted by molar-refractivity contribution is 6.30. The van der Waals surface area contributed by atoms with Gasteiger partial charge in [0, 0.05) is 16.6 Å². The molecule has 2 rings (SSSR count). The molecule has 4 heteroatoms. The van der Waals surface area contributed by atoms with E-state index in [1.54, 1.807) is 37.4 Å². The number of rotatable bonds is 4. The molecule has 0 saturated carbocycles. The van der Waals surface area contributed by atoms with E-state index >= 15 is 0 Å². The van der Waals surface area contributed by atoms with E-state index in [1.807, 2.05) is 6.07 Å². The van der Waals surface area contributed by atoms with Crippen LogP contribution in [0.3, 0.4) is 0 Å². The lowest BCUT2D eigenvalue weighted by molar-refractivity contribution is 0.473. The van der Waals surface area contributed by atoms with E-state index < -0.39 is 0 Å². The maximum absolute atomic E-state index is 13.9. The zero-order valence-corrected chi connectivity index (χ0v) is 11.3. The lowest BCUT2D eigenvalue weighted by Crippen LogP contribution is -2.20. The fourth-order valence-corrected chi connectivity index (χ4v) is 2.23. The van der Waals surface area contributed by atoms with Crippen molar-refractivity contribution in [2.75, 3.05) is 7.05 Å². The van der Waals surface area contributed by atoms with Crippen LogP contribution in [-0.4, -0.2) is 12.2 Å². The average molecular weight is 280 g/mol. The fraction of sp³-hybridized carbons (Fsp3) is 0.200. The maximum atomic E-state index is 13.9. The summed E-state index contributed by atoms with van der Waals surface area (Å²) in [6.07, 6.45) is 0.587. The smallest absolute Gasteiger partial charge is 0.129 e. The first-order valence-electron chi connectivity index (χ1n) is 6.00. The van der Waals surface area contributed by atoms with E-state index in [0.717, 1.165) is 5.56 Å². The van der Waals surface area contributed by atoms with Crippen LogP contribution < -0.4 is 5.32 Å². The van der Waals surface area contributed by atoms with Gasteiger partial charge < -0.3 is 10.4 Å². The molecule has 19 heavy (non-hydrogen) atoms. The first kappa shape index (κ1) is 13.8. The summed E-state index contributed by atoms with van der Waals surface area (Å²) < 4.78 is 13.9. The second-order valence-corrected chi connectivity index (χ2v) is 4.82. The quantitative estimate of drug-likeness (QED) is 0.895. The molecule has 0 spiro atoms. The molecule has 2 aromatic rings. The molecule has 2 nitrogen and oxygen atoms in total. The Labute approximate surface area is 116 Å². The molecule has 0 bridgehead atoms. The van der Waals surface area contributed by atoms with Gasteiger partial charge in [-0.2, -0.15) is 0 Å². The van der Waals surface area contributed by atoms with Crippen molar-refractivity contribution >= 4 is 11.6 Å². The molecule has 0 aliphatic carbocycles. The summed E-state index contributed by atoms with van der Waals surface area (Å²) in [6.45, 7) is 0. The predicted octanol–water partition coefficient (Wildman–Crippen LogP) is 3.69. The van der Waals surface area contributed by atoms with Crippen LogP contribution in [0.15, 0.2) is 42.5 Å². The van der Waals surface area contributed by atoms with Gasteiger partial charge in [-0.3, -0.25) is 0 Å². The predicted molar refractivity (Wildman–Crippen MR) is 75.0 cm³/mol. The Kier molecular flexibility index (Phi) is 4.40. The van der Waals surface area contributed by atoms with E-state index in [0.29, 0.717) is 17.0 Å². The van der Waals surface area contributed by atoms with Crippen LogP contribution in [0.1, 0.15) is 17.2 Å². The zero-order valence-electron chi connectivity index (χ0n) is 10.5. The Morgan fingerprint density at radius 2 is 2.05 bits per heavy atom. The highest BCUT2D eigenvalue weighted by Gasteiger charge is 2.15. The van der Waals surface area contributed by atoms with Crippen molar-refractivity contribution in [2.24, 2.45) is 0 Å². The minimum Gasteiger partial charge on any atom is -0.508 e. The highest BCUT2D eigenvalue weighted by Crippen LogP contribution is 2.24. The summed E-state index contributed by atoms with van der Waals surface area (Å²) in [5, 5.41) is 12.9. The number of hydrogen-bond acceptors (Lipinski definition) is 2. The minimum atomic E-state index is -0.327. The van der Waals surface area contributed by atoms with E-state index in [9.17, 15) is 9.50 Å². The van der Waals surface area contributed by atoms with E-state index in [4.69, 9.17) is 11.6 Å². The third-order valence-corrected chi connectivity index (χ3v) is 3.27. The van der Waals surface area contributed by atoms with E-state index in [1.165, 1.54) is 6.07 Å². The van der Waals surface area contributed by atoms with Crippen molar-refractivity contribution in [3.05, 3.63) is 64.4 Å². The topological polar surface area (TPSA) is 32.3 Å². The normalized spacial score (nSPS) is 12.4. The Morgan fingerprint density at radius 3 is 2.68 bits per heavy atom. The molecule has 2 aromatic carbocycles. The third kappa shape index (κ3) is 3.46. The number of aromatic hydroxyl groups is 1. The summed E-state index contributed by atoms with van der Waals surface area (Å²) in [7, 11) is 1.78. The third-order valence-electron chi connectivity index (χ3n) is 3.04. The summed E-state index contributed by atoms with van der Waals surface area (Å²) in [6, 6.07) is 11.5. The fourth-order valence-electron chi connectivity index (χ4n) is 2.07. The van der Waals surface area contributed by atoms with Crippen LogP contribution in [0.5, 0.6) is 5.75 Å². The Hall–Kier alpha value is -1.58. The maximum Gasteiger partial charge on any atom is 0.129 e. The molecule has 0 aliphatic rings. The lowest BCUT2D eigenvalue weighted by Gasteiger charge is -2.17. The van der Waals surface area contributed by atoms with Gasteiger partial charge in [0.1, 0.15) is 11.6 Å².